The molecule has 4 nitrogen and oxygen atoms in total. The molecule has 1 aliphatic heterocycles. The summed E-state index contributed by atoms with van der Waals surface area (Å²) in [7, 11) is 0. The van der Waals surface area contributed by atoms with Gasteiger partial charge in [-0.1, -0.05) is 60.7 Å². The summed E-state index contributed by atoms with van der Waals surface area (Å²) in [5, 5.41) is 6.19. The van der Waals surface area contributed by atoms with Gasteiger partial charge in [-0.25, -0.2) is 4.79 Å². The van der Waals surface area contributed by atoms with Crippen LogP contribution in [0, 0.1) is 0 Å². The third-order valence-corrected chi connectivity index (χ3v) is 3.81. The predicted molar refractivity (Wildman–Crippen MR) is 94.9 cm³/mol. The van der Waals surface area contributed by atoms with Crippen molar-refractivity contribution >= 4 is 11.8 Å². The number of amides is 1. The summed E-state index contributed by atoms with van der Waals surface area (Å²) in [6.45, 7) is 2.26. The highest BCUT2D eigenvalue weighted by Gasteiger charge is 2.17. The van der Waals surface area contributed by atoms with Gasteiger partial charge in [0.15, 0.2) is 0 Å². The number of alkyl carbamates (subject to hydrolysis) is 1. The number of dihydropyridines is 1. The quantitative estimate of drug-likeness (QED) is 0.900. The van der Waals surface area contributed by atoms with Gasteiger partial charge in [0.05, 0.1) is 6.04 Å². The minimum absolute atomic E-state index is 0.00511. The second-order valence-electron chi connectivity index (χ2n) is 5.62. The van der Waals surface area contributed by atoms with Crippen molar-refractivity contribution in [2.24, 2.45) is 0 Å². The first-order valence-corrected chi connectivity index (χ1v) is 7.94. The third-order valence-electron chi connectivity index (χ3n) is 3.81. The Morgan fingerprint density at radius 3 is 2.38 bits per heavy atom. The number of carbonyl (C=O) groups is 1. The topological polar surface area (TPSA) is 50.4 Å². The number of benzene rings is 2. The Labute approximate surface area is 141 Å². The van der Waals surface area contributed by atoms with Crippen LogP contribution in [0.1, 0.15) is 18.1 Å². The maximum absolute atomic E-state index is 12.0. The van der Waals surface area contributed by atoms with Crippen LogP contribution in [0.5, 0.6) is 0 Å². The fourth-order valence-corrected chi connectivity index (χ4v) is 2.50. The molecule has 1 amide bonds. The summed E-state index contributed by atoms with van der Waals surface area (Å²) < 4.78 is 5.25. The fraction of sp³-hybridized carbons (Fsp3) is 0.150. The molecule has 3 rings (SSSR count). The van der Waals surface area contributed by atoms with E-state index in [-0.39, 0.29) is 12.6 Å². The van der Waals surface area contributed by atoms with Crippen molar-refractivity contribution in [3.63, 3.8) is 0 Å². The van der Waals surface area contributed by atoms with Crippen molar-refractivity contribution < 1.29 is 9.53 Å². The van der Waals surface area contributed by atoms with Crippen LogP contribution in [0.15, 0.2) is 78.5 Å². The lowest BCUT2D eigenvalue weighted by atomic mass is 10.1. The number of carbonyl (C=O) groups excluding carboxylic acids is 1. The van der Waals surface area contributed by atoms with Crippen LogP contribution < -0.4 is 10.6 Å². The van der Waals surface area contributed by atoms with Crippen molar-refractivity contribution in [1.29, 1.82) is 0 Å². The molecule has 2 aromatic rings. The molecule has 1 atom stereocenters. The molecule has 4 heteroatoms. The van der Waals surface area contributed by atoms with E-state index >= 15 is 0 Å². The van der Waals surface area contributed by atoms with Crippen molar-refractivity contribution in [1.82, 2.24) is 10.6 Å². The van der Waals surface area contributed by atoms with Gasteiger partial charge in [0.2, 0.25) is 0 Å². The van der Waals surface area contributed by atoms with Gasteiger partial charge >= 0.3 is 6.09 Å². The van der Waals surface area contributed by atoms with Crippen LogP contribution in [-0.4, -0.2) is 12.1 Å². The molecule has 122 valence electrons. The normalized spacial score (nSPS) is 16.5. The van der Waals surface area contributed by atoms with E-state index in [2.05, 4.69) is 10.6 Å². The molecule has 2 aromatic carbocycles. The zero-order valence-electron chi connectivity index (χ0n) is 13.5. The summed E-state index contributed by atoms with van der Waals surface area (Å²) in [6.07, 6.45) is 3.42. The van der Waals surface area contributed by atoms with Gasteiger partial charge < -0.3 is 10.1 Å². The highest BCUT2D eigenvalue weighted by Crippen LogP contribution is 2.18. The number of ether oxygens (including phenoxy) is 1. The fourth-order valence-electron chi connectivity index (χ4n) is 2.50. The number of hydrogen-bond donors (Lipinski definition) is 2. The maximum atomic E-state index is 12.0. The first kappa shape index (κ1) is 15.9. The molecular weight excluding hydrogens is 300 g/mol. The van der Waals surface area contributed by atoms with E-state index in [0.29, 0.717) is 0 Å². The minimum Gasteiger partial charge on any atom is -0.444 e. The van der Waals surface area contributed by atoms with Gasteiger partial charge in [-0.15, -0.1) is 0 Å². The molecule has 0 aliphatic carbocycles. The van der Waals surface area contributed by atoms with Crippen LogP contribution in [0.3, 0.4) is 0 Å². The number of nitrogens with one attached hydrogen (secondary N) is 2. The molecule has 1 aliphatic rings. The molecule has 0 radical (unpaired) electrons. The second-order valence-corrected chi connectivity index (χ2v) is 5.62. The largest absolute Gasteiger partial charge is 0.444 e. The Bertz CT molecular complexity index is 752. The van der Waals surface area contributed by atoms with Crippen molar-refractivity contribution in [2.75, 3.05) is 0 Å². The number of allylic oxidation sites excluding steroid dienone is 2. The number of hydrogen-bond acceptors (Lipinski definition) is 3. The molecule has 2 N–H and O–H groups in total. The standard InChI is InChI=1S/C20H20N2O2/c1-15-18(12-13-19(21-15)17-10-6-3-7-11-17)22-20(23)24-14-16-8-4-2-5-9-16/h2-13,15,21H,14H2,1H3,(H,22,23). The van der Waals surface area contributed by atoms with E-state index in [1.54, 1.807) is 0 Å². The van der Waals surface area contributed by atoms with E-state index in [4.69, 9.17) is 4.74 Å². The van der Waals surface area contributed by atoms with Crippen molar-refractivity contribution in [3.05, 3.63) is 89.6 Å². The van der Waals surface area contributed by atoms with Crippen molar-refractivity contribution in [3.8, 4) is 0 Å². The third kappa shape index (κ3) is 4.04. The summed E-state index contributed by atoms with van der Waals surface area (Å²) in [6, 6.07) is 19.7. The van der Waals surface area contributed by atoms with E-state index in [9.17, 15) is 4.79 Å². The molecule has 0 bridgehead atoms. The maximum Gasteiger partial charge on any atom is 0.411 e. The van der Waals surface area contributed by atoms with Crippen LogP contribution in [0.25, 0.3) is 5.70 Å². The first-order chi connectivity index (χ1) is 11.7. The minimum atomic E-state index is -0.449. The molecule has 0 spiro atoms. The van der Waals surface area contributed by atoms with Crippen LogP contribution in [0.4, 0.5) is 4.79 Å². The number of rotatable bonds is 4. The van der Waals surface area contributed by atoms with E-state index in [0.717, 1.165) is 22.5 Å². The summed E-state index contributed by atoms with van der Waals surface area (Å²) in [4.78, 5) is 12.0. The monoisotopic (exact) mass is 320 g/mol. The Balaban J connectivity index is 1.59. The zero-order valence-corrected chi connectivity index (χ0v) is 13.5. The molecule has 0 aromatic heterocycles. The lowest BCUT2D eigenvalue weighted by Crippen LogP contribution is -2.38. The molecule has 1 heterocycles. The van der Waals surface area contributed by atoms with E-state index < -0.39 is 6.09 Å². The van der Waals surface area contributed by atoms with Gasteiger partial charge in [0.25, 0.3) is 0 Å². The van der Waals surface area contributed by atoms with Crippen LogP contribution in [0.2, 0.25) is 0 Å². The highest BCUT2D eigenvalue weighted by atomic mass is 16.5. The predicted octanol–water partition coefficient (Wildman–Crippen LogP) is 3.83. The molecule has 1 unspecified atom stereocenters. The average Bonchev–Trinajstić information content (AvgIpc) is 2.63. The Kier molecular flexibility index (Phi) is 4.96. The summed E-state index contributed by atoms with van der Waals surface area (Å²) in [5.74, 6) is 0. The SMILES string of the molecule is CC1NC(c2ccccc2)=CC=C1NC(=O)OCc1ccccc1. The van der Waals surface area contributed by atoms with Gasteiger partial charge in [-0.3, -0.25) is 5.32 Å². The van der Waals surface area contributed by atoms with Crippen LogP contribution in [-0.2, 0) is 11.3 Å². The molecule has 0 fully saturated rings. The lowest BCUT2D eigenvalue weighted by Gasteiger charge is -2.24. The summed E-state index contributed by atoms with van der Waals surface area (Å²) >= 11 is 0. The Morgan fingerprint density at radius 2 is 1.71 bits per heavy atom. The highest BCUT2D eigenvalue weighted by molar-refractivity contribution is 5.72. The Hall–Kier alpha value is -3.01. The smallest absolute Gasteiger partial charge is 0.411 e. The Morgan fingerprint density at radius 1 is 1.04 bits per heavy atom. The van der Waals surface area contributed by atoms with Crippen LogP contribution >= 0.6 is 0 Å². The van der Waals surface area contributed by atoms with E-state index in [1.807, 2.05) is 79.7 Å². The first-order valence-electron chi connectivity index (χ1n) is 7.94. The average molecular weight is 320 g/mol. The van der Waals surface area contributed by atoms with Gasteiger partial charge in [-0.2, -0.15) is 0 Å². The summed E-state index contributed by atoms with van der Waals surface area (Å²) in [5.41, 5.74) is 3.90. The molecule has 0 saturated carbocycles. The van der Waals surface area contributed by atoms with Gasteiger partial charge in [0.1, 0.15) is 6.61 Å². The van der Waals surface area contributed by atoms with Crippen molar-refractivity contribution in [2.45, 2.75) is 19.6 Å². The van der Waals surface area contributed by atoms with E-state index in [1.165, 1.54) is 0 Å². The second kappa shape index (κ2) is 7.51. The molecule has 24 heavy (non-hydrogen) atoms. The molecule has 0 saturated heterocycles. The molecular formula is C20H20N2O2. The van der Waals surface area contributed by atoms with Gasteiger partial charge in [0, 0.05) is 11.4 Å². The zero-order chi connectivity index (χ0) is 16.8. The van der Waals surface area contributed by atoms with Gasteiger partial charge in [-0.05, 0) is 30.2 Å². The lowest BCUT2D eigenvalue weighted by molar-refractivity contribution is 0.142.